The van der Waals surface area contributed by atoms with Gasteiger partial charge in [0.25, 0.3) is 5.56 Å². The van der Waals surface area contributed by atoms with Crippen molar-refractivity contribution in [1.29, 1.82) is 0 Å². The van der Waals surface area contributed by atoms with Gasteiger partial charge >= 0.3 is 0 Å². The number of rotatable bonds is 5. The Labute approximate surface area is 189 Å². The van der Waals surface area contributed by atoms with Crippen LogP contribution in [0.5, 0.6) is 0 Å². The summed E-state index contributed by atoms with van der Waals surface area (Å²) in [5.74, 6) is 0.748. The largest absolute Gasteiger partial charge is 0.378 e. The quantitative estimate of drug-likeness (QED) is 0.454. The Bertz CT molecular complexity index is 1370. The van der Waals surface area contributed by atoms with Gasteiger partial charge in [-0.15, -0.1) is 11.3 Å². The third-order valence-corrected chi connectivity index (χ3v) is 6.82. The van der Waals surface area contributed by atoms with Crippen LogP contribution in [0.2, 0.25) is 0 Å². The van der Waals surface area contributed by atoms with Crippen molar-refractivity contribution >= 4 is 38.8 Å². The molecule has 162 valence electrons. The number of nitrogens with one attached hydrogen (secondary N) is 2. The number of amides is 1. The average Bonchev–Trinajstić information content (AvgIpc) is 3.36. The third kappa shape index (κ3) is 3.80. The molecule has 1 aliphatic heterocycles. The first-order chi connectivity index (χ1) is 15.5. The van der Waals surface area contributed by atoms with Gasteiger partial charge in [0.15, 0.2) is 0 Å². The van der Waals surface area contributed by atoms with Gasteiger partial charge in [0.2, 0.25) is 5.91 Å². The second-order valence-electron chi connectivity index (χ2n) is 8.14. The van der Waals surface area contributed by atoms with Crippen LogP contribution in [-0.4, -0.2) is 22.4 Å². The lowest BCUT2D eigenvalue weighted by Gasteiger charge is -2.17. The summed E-state index contributed by atoms with van der Waals surface area (Å²) < 4.78 is 0. The number of hydrogen-bond acceptors (Lipinski definition) is 5. The molecule has 0 spiro atoms. The molecule has 1 amide bonds. The highest BCUT2D eigenvalue weighted by molar-refractivity contribution is 7.19. The van der Waals surface area contributed by atoms with E-state index in [0.717, 1.165) is 45.2 Å². The first kappa shape index (κ1) is 20.5. The van der Waals surface area contributed by atoms with Crippen molar-refractivity contribution in [2.24, 2.45) is 0 Å². The Hall–Kier alpha value is -3.45. The van der Waals surface area contributed by atoms with E-state index in [4.69, 9.17) is 4.98 Å². The summed E-state index contributed by atoms with van der Waals surface area (Å²) in [5, 5.41) is 3.97. The molecule has 0 aliphatic carbocycles. The second kappa shape index (κ2) is 8.24. The highest BCUT2D eigenvalue weighted by Crippen LogP contribution is 2.35. The lowest BCUT2D eigenvalue weighted by molar-refractivity contribution is -0.117. The maximum absolute atomic E-state index is 13.0. The van der Waals surface area contributed by atoms with Crippen molar-refractivity contribution in [2.75, 3.05) is 16.8 Å². The molecular weight excluding hydrogens is 420 g/mol. The van der Waals surface area contributed by atoms with Gasteiger partial charge in [0.1, 0.15) is 10.7 Å². The smallest absolute Gasteiger partial charge is 0.260 e. The summed E-state index contributed by atoms with van der Waals surface area (Å²) in [7, 11) is 0. The number of carbonyl (C=O) groups is 1. The van der Waals surface area contributed by atoms with E-state index in [-0.39, 0.29) is 11.5 Å². The summed E-state index contributed by atoms with van der Waals surface area (Å²) in [6, 6.07) is 16.0. The Balaban J connectivity index is 1.41. The van der Waals surface area contributed by atoms with Crippen LogP contribution < -0.4 is 15.8 Å². The minimum Gasteiger partial charge on any atom is -0.378 e. The molecule has 2 aromatic heterocycles. The Kier molecular flexibility index (Phi) is 5.27. The Morgan fingerprint density at radius 3 is 2.69 bits per heavy atom. The number of aromatic nitrogens is 2. The number of thiophene rings is 1. The molecule has 32 heavy (non-hydrogen) atoms. The predicted octanol–water partition coefficient (Wildman–Crippen LogP) is 5.01. The van der Waals surface area contributed by atoms with Crippen LogP contribution in [0.15, 0.2) is 53.3 Å². The summed E-state index contributed by atoms with van der Waals surface area (Å²) in [6.07, 6.45) is 1.50. The van der Waals surface area contributed by atoms with Crippen molar-refractivity contribution < 1.29 is 4.79 Å². The highest BCUT2D eigenvalue weighted by Gasteiger charge is 2.21. The lowest BCUT2D eigenvalue weighted by atomic mass is 10.0. The SMILES string of the molecule is Cc1ccc(-c2c(C)sc3nc(CNc4cccc(N5CCCC5=O)c4)[nH]c(=O)c23)cc1. The molecule has 1 fully saturated rings. The van der Waals surface area contributed by atoms with Gasteiger partial charge in [-0.2, -0.15) is 0 Å². The number of carbonyl (C=O) groups excluding carboxylic acids is 1. The van der Waals surface area contributed by atoms with Crippen molar-refractivity contribution in [3.8, 4) is 11.1 Å². The van der Waals surface area contributed by atoms with Gasteiger partial charge in [-0.05, 0) is 44.0 Å². The van der Waals surface area contributed by atoms with E-state index >= 15 is 0 Å². The van der Waals surface area contributed by atoms with Crippen molar-refractivity contribution in [2.45, 2.75) is 33.2 Å². The van der Waals surface area contributed by atoms with Gasteiger partial charge in [0.05, 0.1) is 11.9 Å². The van der Waals surface area contributed by atoms with Crippen molar-refractivity contribution in [1.82, 2.24) is 9.97 Å². The molecule has 0 atom stereocenters. The monoisotopic (exact) mass is 444 g/mol. The molecule has 6 nitrogen and oxygen atoms in total. The fourth-order valence-electron chi connectivity index (χ4n) is 4.21. The number of anilines is 2. The zero-order chi connectivity index (χ0) is 22.2. The van der Waals surface area contributed by atoms with Gasteiger partial charge in [-0.1, -0.05) is 35.9 Å². The van der Waals surface area contributed by atoms with E-state index in [1.54, 1.807) is 11.3 Å². The van der Waals surface area contributed by atoms with Gasteiger partial charge < -0.3 is 15.2 Å². The molecular formula is C25H24N4O2S. The molecule has 1 saturated heterocycles. The van der Waals surface area contributed by atoms with Crippen LogP contribution >= 0.6 is 11.3 Å². The standard InChI is InChI=1S/C25H24N4O2S/c1-15-8-10-17(11-9-15)22-16(2)32-25-23(22)24(31)27-20(28-25)14-26-18-5-3-6-19(13-18)29-12-4-7-21(29)30/h3,5-6,8-11,13,26H,4,7,12,14H2,1-2H3,(H,27,28,31). The van der Waals surface area contributed by atoms with Gasteiger partial charge in [-0.25, -0.2) is 4.98 Å². The predicted molar refractivity (Wildman–Crippen MR) is 131 cm³/mol. The number of aryl methyl sites for hydroxylation is 2. The summed E-state index contributed by atoms with van der Waals surface area (Å²) in [6.45, 7) is 5.23. The number of fused-ring (bicyclic) bond motifs is 1. The summed E-state index contributed by atoms with van der Waals surface area (Å²) in [5.41, 5.74) is 4.83. The van der Waals surface area contributed by atoms with E-state index in [2.05, 4.69) is 41.5 Å². The van der Waals surface area contributed by atoms with Gasteiger partial charge in [0, 0.05) is 34.8 Å². The molecule has 2 aromatic carbocycles. The van der Waals surface area contributed by atoms with E-state index in [1.807, 2.05) is 36.1 Å². The maximum Gasteiger partial charge on any atom is 0.260 e. The number of aromatic amines is 1. The minimum absolute atomic E-state index is 0.122. The molecule has 5 rings (SSSR count). The molecule has 0 unspecified atom stereocenters. The molecule has 0 bridgehead atoms. The Morgan fingerprint density at radius 2 is 1.94 bits per heavy atom. The number of hydrogen-bond donors (Lipinski definition) is 2. The molecule has 4 aromatic rings. The van der Waals surface area contributed by atoms with E-state index in [1.165, 1.54) is 5.56 Å². The zero-order valence-corrected chi connectivity index (χ0v) is 18.9. The van der Waals surface area contributed by atoms with Crippen LogP contribution in [0.4, 0.5) is 11.4 Å². The third-order valence-electron chi connectivity index (χ3n) is 5.82. The fourth-order valence-corrected chi connectivity index (χ4v) is 5.27. The van der Waals surface area contributed by atoms with Crippen molar-refractivity contribution in [3.63, 3.8) is 0 Å². The normalized spacial score (nSPS) is 13.8. The summed E-state index contributed by atoms with van der Waals surface area (Å²) >= 11 is 1.54. The Morgan fingerprint density at radius 1 is 1.12 bits per heavy atom. The average molecular weight is 445 g/mol. The summed E-state index contributed by atoms with van der Waals surface area (Å²) in [4.78, 5) is 36.3. The lowest BCUT2D eigenvalue weighted by Crippen LogP contribution is -2.23. The van der Waals surface area contributed by atoms with Crippen LogP contribution in [0.1, 0.15) is 29.1 Å². The topological polar surface area (TPSA) is 78.1 Å². The van der Waals surface area contributed by atoms with Gasteiger partial charge in [-0.3, -0.25) is 9.59 Å². The zero-order valence-electron chi connectivity index (χ0n) is 18.1. The van der Waals surface area contributed by atoms with Crippen LogP contribution in [0, 0.1) is 13.8 Å². The van der Waals surface area contributed by atoms with Crippen LogP contribution in [0.3, 0.4) is 0 Å². The molecule has 3 heterocycles. The van der Waals surface area contributed by atoms with Crippen LogP contribution in [-0.2, 0) is 11.3 Å². The molecule has 1 aliphatic rings. The fraction of sp³-hybridized carbons (Fsp3) is 0.240. The number of H-pyrrole nitrogens is 1. The minimum atomic E-state index is -0.122. The van der Waals surface area contributed by atoms with Crippen LogP contribution in [0.25, 0.3) is 21.3 Å². The first-order valence-corrected chi connectivity index (χ1v) is 11.5. The second-order valence-corrected chi connectivity index (χ2v) is 9.35. The molecule has 0 saturated carbocycles. The van der Waals surface area contributed by atoms with E-state index in [0.29, 0.717) is 24.2 Å². The van der Waals surface area contributed by atoms with E-state index < -0.39 is 0 Å². The molecule has 7 heteroatoms. The molecule has 2 N–H and O–H groups in total. The number of nitrogens with zero attached hydrogens (tertiary/aromatic N) is 2. The number of benzene rings is 2. The highest BCUT2D eigenvalue weighted by atomic mass is 32.1. The molecule has 0 radical (unpaired) electrons. The van der Waals surface area contributed by atoms with E-state index in [9.17, 15) is 9.59 Å². The maximum atomic E-state index is 13.0. The first-order valence-electron chi connectivity index (χ1n) is 10.7. The van der Waals surface area contributed by atoms with Crippen molar-refractivity contribution in [3.05, 3.63) is 75.1 Å².